The molecule has 1 atom stereocenters. The maximum absolute atomic E-state index is 12.5. The average molecular weight is 383 g/mol. The summed E-state index contributed by atoms with van der Waals surface area (Å²) in [5.74, 6) is 0.447. The minimum absolute atomic E-state index is 0.155. The number of nitrogens with one attached hydrogen (secondary N) is 2. The van der Waals surface area contributed by atoms with Crippen molar-refractivity contribution in [1.82, 2.24) is 24.5 Å². The van der Waals surface area contributed by atoms with E-state index in [9.17, 15) is 4.79 Å². The molecule has 0 amide bonds. The summed E-state index contributed by atoms with van der Waals surface area (Å²) in [5.41, 5.74) is 2.68. The molecule has 0 spiro atoms. The number of nitrogens with zero attached hydrogens (tertiary/aromatic N) is 4. The van der Waals surface area contributed by atoms with E-state index in [4.69, 9.17) is 11.6 Å². The van der Waals surface area contributed by atoms with Gasteiger partial charge in [0.15, 0.2) is 5.65 Å². The topological polar surface area (TPSA) is 88.5 Å². The average Bonchev–Trinajstić information content (AvgIpc) is 3.05. The van der Waals surface area contributed by atoms with Gasteiger partial charge in [0.2, 0.25) is 5.95 Å². The second-order valence-corrected chi connectivity index (χ2v) is 7.24. The number of hydrogen-bond donors (Lipinski definition) is 2. The van der Waals surface area contributed by atoms with Gasteiger partial charge in [0.05, 0.1) is 18.6 Å². The van der Waals surface area contributed by atoms with Crippen LogP contribution in [0.5, 0.6) is 0 Å². The molecule has 7 nitrogen and oxygen atoms in total. The van der Waals surface area contributed by atoms with E-state index in [1.54, 1.807) is 24.7 Å². The van der Waals surface area contributed by atoms with Gasteiger partial charge < -0.3 is 14.9 Å². The van der Waals surface area contributed by atoms with E-state index in [0.29, 0.717) is 16.5 Å². The zero-order valence-electron chi connectivity index (χ0n) is 15.2. The number of rotatable bonds is 4. The molecule has 8 heteroatoms. The predicted octanol–water partition coefficient (Wildman–Crippen LogP) is 4.08. The minimum atomic E-state index is -0.287. The Morgan fingerprint density at radius 1 is 1.19 bits per heavy atom. The lowest BCUT2D eigenvalue weighted by Gasteiger charge is -2.14. The lowest BCUT2D eigenvalue weighted by molar-refractivity contribution is 0.612. The molecule has 3 aromatic heterocycles. The molecule has 1 aromatic carbocycles. The summed E-state index contributed by atoms with van der Waals surface area (Å²) in [6.07, 6.45) is 3.44. The Morgan fingerprint density at radius 3 is 2.78 bits per heavy atom. The smallest absolute Gasteiger partial charge is 0.253 e. The van der Waals surface area contributed by atoms with Crippen molar-refractivity contribution in [3.05, 3.63) is 57.7 Å². The van der Waals surface area contributed by atoms with E-state index in [1.807, 2.05) is 23.6 Å². The summed E-state index contributed by atoms with van der Waals surface area (Å²) in [7, 11) is 0. The molecular formula is C19H19ClN6O. The van der Waals surface area contributed by atoms with E-state index in [0.717, 1.165) is 22.1 Å². The van der Waals surface area contributed by atoms with Crippen LogP contribution >= 0.6 is 11.6 Å². The van der Waals surface area contributed by atoms with Crippen molar-refractivity contribution in [3.63, 3.8) is 0 Å². The maximum Gasteiger partial charge on any atom is 0.253 e. The molecule has 0 fully saturated rings. The van der Waals surface area contributed by atoms with E-state index in [2.05, 4.69) is 39.1 Å². The summed E-state index contributed by atoms with van der Waals surface area (Å²) in [6.45, 7) is 6.03. The quantitative estimate of drug-likeness (QED) is 0.555. The number of aromatic amines is 1. The highest BCUT2D eigenvalue weighted by Gasteiger charge is 2.14. The Bertz CT molecular complexity index is 1200. The number of halogens is 1. The zero-order chi connectivity index (χ0) is 19.1. The normalized spacial score (nSPS) is 12.8. The van der Waals surface area contributed by atoms with Crippen LogP contribution in [0.25, 0.3) is 22.1 Å². The van der Waals surface area contributed by atoms with Gasteiger partial charge in [-0.15, -0.1) is 0 Å². The molecule has 3 heterocycles. The van der Waals surface area contributed by atoms with Gasteiger partial charge in [-0.3, -0.25) is 4.79 Å². The second-order valence-electron chi connectivity index (χ2n) is 6.80. The first kappa shape index (κ1) is 17.5. The largest absolute Gasteiger partial charge is 0.347 e. The molecule has 0 aliphatic heterocycles. The maximum atomic E-state index is 12.5. The van der Waals surface area contributed by atoms with E-state index in [-0.39, 0.29) is 17.6 Å². The highest BCUT2D eigenvalue weighted by Crippen LogP contribution is 2.22. The van der Waals surface area contributed by atoms with Crippen molar-refractivity contribution < 1.29 is 0 Å². The first-order chi connectivity index (χ1) is 12.9. The van der Waals surface area contributed by atoms with Crippen molar-refractivity contribution in [2.24, 2.45) is 0 Å². The fourth-order valence-corrected chi connectivity index (χ4v) is 3.24. The van der Waals surface area contributed by atoms with Gasteiger partial charge in [-0.2, -0.15) is 4.98 Å². The molecule has 0 aliphatic rings. The van der Waals surface area contributed by atoms with Crippen LogP contribution in [0.1, 0.15) is 38.4 Å². The molecule has 27 heavy (non-hydrogen) atoms. The third-order valence-corrected chi connectivity index (χ3v) is 4.75. The van der Waals surface area contributed by atoms with E-state index in [1.165, 1.54) is 0 Å². The lowest BCUT2D eigenvalue weighted by atomic mass is 10.1. The Hall–Kier alpha value is -2.93. The molecule has 0 bridgehead atoms. The number of imidazole rings is 1. The number of hydrogen-bond acceptors (Lipinski definition) is 5. The van der Waals surface area contributed by atoms with E-state index < -0.39 is 0 Å². The van der Waals surface area contributed by atoms with Gasteiger partial charge in [0, 0.05) is 27.5 Å². The van der Waals surface area contributed by atoms with Crippen LogP contribution in [0.2, 0.25) is 5.02 Å². The lowest BCUT2D eigenvalue weighted by Crippen LogP contribution is -2.20. The van der Waals surface area contributed by atoms with Gasteiger partial charge in [0.25, 0.3) is 5.56 Å². The van der Waals surface area contributed by atoms with Crippen LogP contribution in [0.4, 0.5) is 5.95 Å². The Balaban J connectivity index is 1.69. The molecule has 0 saturated heterocycles. The molecule has 4 rings (SSSR count). The van der Waals surface area contributed by atoms with Gasteiger partial charge >= 0.3 is 0 Å². The van der Waals surface area contributed by atoms with Crippen molar-refractivity contribution in [2.75, 3.05) is 5.32 Å². The minimum Gasteiger partial charge on any atom is -0.347 e. The number of aromatic nitrogens is 5. The van der Waals surface area contributed by atoms with Crippen LogP contribution < -0.4 is 10.9 Å². The molecule has 0 saturated carbocycles. The first-order valence-corrected chi connectivity index (χ1v) is 9.09. The van der Waals surface area contributed by atoms with Gasteiger partial charge in [-0.1, -0.05) is 11.6 Å². The molecule has 138 valence electrons. The zero-order valence-corrected chi connectivity index (χ0v) is 15.9. The fraction of sp³-hybridized carbons (Fsp3) is 0.263. The molecule has 0 aliphatic carbocycles. The Morgan fingerprint density at radius 2 is 2.00 bits per heavy atom. The summed E-state index contributed by atoms with van der Waals surface area (Å²) in [6, 6.07) is 7.17. The number of pyridine rings is 1. The van der Waals surface area contributed by atoms with Crippen LogP contribution in [-0.2, 0) is 0 Å². The van der Waals surface area contributed by atoms with Gasteiger partial charge in [-0.25, -0.2) is 9.97 Å². The van der Waals surface area contributed by atoms with E-state index >= 15 is 0 Å². The third kappa shape index (κ3) is 3.26. The predicted molar refractivity (Wildman–Crippen MR) is 107 cm³/mol. The van der Waals surface area contributed by atoms with Crippen LogP contribution in [0, 0.1) is 0 Å². The Kier molecular flexibility index (Phi) is 4.31. The van der Waals surface area contributed by atoms with Gasteiger partial charge in [0.1, 0.15) is 5.52 Å². The van der Waals surface area contributed by atoms with Crippen LogP contribution in [0.15, 0.2) is 41.6 Å². The SMILES string of the molecule is CC(C)n1cnc2cnc(N[C@@H](C)c3cc4cc(Cl)ccc4[nH]c3=O)nc21. The summed E-state index contributed by atoms with van der Waals surface area (Å²) >= 11 is 6.07. The molecular weight excluding hydrogens is 364 g/mol. The van der Waals surface area contributed by atoms with Crippen molar-refractivity contribution in [3.8, 4) is 0 Å². The second kappa shape index (κ2) is 6.66. The highest BCUT2D eigenvalue weighted by molar-refractivity contribution is 6.31. The molecule has 0 unspecified atom stereocenters. The summed E-state index contributed by atoms with van der Waals surface area (Å²) < 4.78 is 1.98. The van der Waals surface area contributed by atoms with Crippen LogP contribution in [-0.4, -0.2) is 24.5 Å². The molecule has 2 N–H and O–H groups in total. The number of anilines is 1. The number of benzene rings is 1. The van der Waals surface area contributed by atoms with Crippen LogP contribution in [0.3, 0.4) is 0 Å². The number of fused-ring (bicyclic) bond motifs is 2. The van der Waals surface area contributed by atoms with Crippen molar-refractivity contribution in [1.29, 1.82) is 0 Å². The van der Waals surface area contributed by atoms with Crippen molar-refractivity contribution in [2.45, 2.75) is 32.9 Å². The first-order valence-electron chi connectivity index (χ1n) is 8.71. The third-order valence-electron chi connectivity index (χ3n) is 4.52. The summed E-state index contributed by atoms with van der Waals surface area (Å²) in [5, 5.41) is 4.71. The van der Waals surface area contributed by atoms with Gasteiger partial charge in [-0.05, 0) is 45.0 Å². The molecule has 0 radical (unpaired) electrons. The van der Waals surface area contributed by atoms with Crippen molar-refractivity contribution >= 4 is 39.6 Å². The highest BCUT2D eigenvalue weighted by atomic mass is 35.5. The fourth-order valence-electron chi connectivity index (χ4n) is 3.06. The monoisotopic (exact) mass is 382 g/mol. The standard InChI is InChI=1S/C19H19ClN6O/c1-10(2)26-9-22-16-8-21-19(25-17(16)26)23-11(3)14-7-12-6-13(20)4-5-15(12)24-18(14)27/h4-11H,1-3H3,(H,24,27)(H,21,23,25)/t11-/m0/s1. The number of H-pyrrole nitrogens is 1. The molecule has 4 aromatic rings. The summed E-state index contributed by atoms with van der Waals surface area (Å²) in [4.78, 5) is 28.6. The Labute approximate surface area is 160 Å².